The highest BCUT2D eigenvalue weighted by atomic mass is 35.5. The minimum atomic E-state index is -1.07. The number of urea groups is 1. The van der Waals surface area contributed by atoms with Gasteiger partial charge in [0.2, 0.25) is 11.8 Å². The summed E-state index contributed by atoms with van der Waals surface area (Å²) >= 11 is 11.9. The Morgan fingerprint density at radius 2 is 1.74 bits per heavy atom. The molecule has 0 spiro atoms. The number of imide groups is 1. The molecule has 140 valence electrons. The van der Waals surface area contributed by atoms with Crippen LogP contribution >= 0.6 is 23.2 Å². The van der Waals surface area contributed by atoms with E-state index in [1.54, 1.807) is 12.1 Å². The molecule has 2 N–H and O–H groups in total. The van der Waals surface area contributed by atoms with Crippen LogP contribution < -0.4 is 15.5 Å². The second-order valence-electron chi connectivity index (χ2n) is 6.33. The zero-order valence-corrected chi connectivity index (χ0v) is 16.2. The maximum Gasteiger partial charge on any atom is 0.328 e. The van der Waals surface area contributed by atoms with Crippen molar-refractivity contribution in [3.05, 3.63) is 57.6 Å². The first-order valence-electron chi connectivity index (χ1n) is 8.22. The Labute approximate surface area is 166 Å². The number of carbonyl (C=O) groups is 3. The van der Waals surface area contributed by atoms with E-state index in [2.05, 4.69) is 10.6 Å². The van der Waals surface area contributed by atoms with Gasteiger partial charge in [-0.1, -0.05) is 29.3 Å². The molecular formula is C19H17Cl2N3O3. The van der Waals surface area contributed by atoms with Crippen LogP contribution in [0, 0.1) is 19.8 Å². The molecule has 0 radical (unpaired) electrons. The number of carbonyl (C=O) groups excluding carboxylic acids is 3. The highest BCUT2D eigenvalue weighted by Gasteiger charge is 2.39. The number of benzene rings is 2. The lowest BCUT2D eigenvalue weighted by molar-refractivity contribution is -0.130. The molecule has 0 aromatic heterocycles. The SMILES string of the molecule is Cc1ccc(N2C(=O)NCC(C(=O)Nc3cc(Cl)cc(Cl)c3)C2=O)cc1C. The van der Waals surface area contributed by atoms with Gasteiger partial charge in [0, 0.05) is 22.3 Å². The number of nitrogens with zero attached hydrogens (tertiary/aromatic N) is 1. The number of aryl methyl sites for hydroxylation is 2. The zero-order chi connectivity index (χ0) is 19.7. The molecule has 0 saturated carbocycles. The third-order valence-electron chi connectivity index (χ3n) is 4.37. The van der Waals surface area contributed by atoms with E-state index in [4.69, 9.17) is 23.2 Å². The van der Waals surface area contributed by atoms with Crippen LogP contribution in [0.2, 0.25) is 10.0 Å². The minimum Gasteiger partial charge on any atom is -0.336 e. The summed E-state index contributed by atoms with van der Waals surface area (Å²) in [5.41, 5.74) is 2.77. The Hall–Kier alpha value is -2.57. The molecule has 1 aliphatic rings. The fraction of sp³-hybridized carbons (Fsp3) is 0.211. The van der Waals surface area contributed by atoms with Crippen molar-refractivity contribution in [3.63, 3.8) is 0 Å². The number of nitrogens with one attached hydrogen (secondary N) is 2. The lowest BCUT2D eigenvalue weighted by Crippen LogP contribution is -2.58. The highest BCUT2D eigenvalue weighted by Crippen LogP contribution is 2.25. The predicted molar refractivity (Wildman–Crippen MR) is 105 cm³/mol. The van der Waals surface area contributed by atoms with Gasteiger partial charge in [-0.25, -0.2) is 9.69 Å². The van der Waals surface area contributed by atoms with Crippen LogP contribution in [0.4, 0.5) is 16.2 Å². The second kappa shape index (κ2) is 7.58. The summed E-state index contributed by atoms with van der Waals surface area (Å²) in [6.07, 6.45) is 0. The van der Waals surface area contributed by atoms with Crippen molar-refractivity contribution in [3.8, 4) is 0 Å². The molecule has 1 unspecified atom stereocenters. The molecule has 3 rings (SSSR count). The summed E-state index contributed by atoms with van der Waals surface area (Å²) in [4.78, 5) is 38.7. The lowest BCUT2D eigenvalue weighted by atomic mass is 10.0. The van der Waals surface area contributed by atoms with Crippen molar-refractivity contribution < 1.29 is 14.4 Å². The van der Waals surface area contributed by atoms with Gasteiger partial charge in [-0.05, 0) is 55.3 Å². The summed E-state index contributed by atoms with van der Waals surface area (Å²) in [7, 11) is 0. The van der Waals surface area contributed by atoms with E-state index in [-0.39, 0.29) is 6.54 Å². The lowest BCUT2D eigenvalue weighted by Gasteiger charge is -2.31. The zero-order valence-electron chi connectivity index (χ0n) is 14.7. The minimum absolute atomic E-state index is 0.0842. The van der Waals surface area contributed by atoms with E-state index in [0.29, 0.717) is 21.4 Å². The van der Waals surface area contributed by atoms with Gasteiger partial charge in [0.1, 0.15) is 5.92 Å². The normalized spacial score (nSPS) is 16.9. The Morgan fingerprint density at radius 1 is 1.07 bits per heavy atom. The third kappa shape index (κ3) is 4.07. The molecule has 1 aliphatic heterocycles. The summed E-state index contributed by atoms with van der Waals surface area (Å²) in [5, 5.41) is 5.93. The fourth-order valence-electron chi connectivity index (χ4n) is 2.78. The van der Waals surface area contributed by atoms with Crippen LogP contribution in [0.5, 0.6) is 0 Å². The second-order valence-corrected chi connectivity index (χ2v) is 7.20. The van der Waals surface area contributed by atoms with Gasteiger partial charge in [-0.3, -0.25) is 9.59 Å². The van der Waals surface area contributed by atoms with Gasteiger partial charge in [0.15, 0.2) is 0 Å². The van der Waals surface area contributed by atoms with E-state index in [1.165, 1.54) is 18.2 Å². The molecule has 1 atom stereocenters. The maximum absolute atomic E-state index is 12.9. The van der Waals surface area contributed by atoms with E-state index in [1.807, 2.05) is 19.9 Å². The van der Waals surface area contributed by atoms with Gasteiger partial charge < -0.3 is 10.6 Å². The molecule has 4 amide bonds. The van der Waals surface area contributed by atoms with E-state index >= 15 is 0 Å². The van der Waals surface area contributed by atoms with Gasteiger partial charge in [0.25, 0.3) is 0 Å². The van der Waals surface area contributed by atoms with Gasteiger partial charge >= 0.3 is 6.03 Å². The molecule has 27 heavy (non-hydrogen) atoms. The number of amides is 4. The van der Waals surface area contributed by atoms with Gasteiger partial charge in [-0.2, -0.15) is 0 Å². The number of hydrogen-bond acceptors (Lipinski definition) is 3. The monoisotopic (exact) mass is 405 g/mol. The van der Waals surface area contributed by atoms with Crippen molar-refractivity contribution in [2.75, 3.05) is 16.8 Å². The summed E-state index contributed by atoms with van der Waals surface area (Å²) < 4.78 is 0. The van der Waals surface area contributed by atoms with Crippen molar-refractivity contribution >= 4 is 52.4 Å². The largest absolute Gasteiger partial charge is 0.336 e. The summed E-state index contributed by atoms with van der Waals surface area (Å²) in [5.74, 6) is -2.21. The standard InChI is InChI=1S/C19H17Cl2N3O3/c1-10-3-4-15(5-11(10)2)24-18(26)16(9-22-19(24)27)17(25)23-14-7-12(20)6-13(21)8-14/h3-8,16H,9H2,1-2H3,(H,22,27)(H,23,25). The van der Waals surface area contributed by atoms with Crippen molar-refractivity contribution in [1.82, 2.24) is 5.32 Å². The van der Waals surface area contributed by atoms with Crippen LogP contribution in [0.25, 0.3) is 0 Å². The van der Waals surface area contributed by atoms with Crippen molar-refractivity contribution in [2.45, 2.75) is 13.8 Å². The van der Waals surface area contributed by atoms with Gasteiger partial charge in [-0.15, -0.1) is 0 Å². The molecule has 2 aromatic carbocycles. The summed E-state index contributed by atoms with van der Waals surface area (Å²) in [6.45, 7) is 3.74. The average molecular weight is 406 g/mol. The average Bonchev–Trinajstić information content (AvgIpc) is 2.57. The highest BCUT2D eigenvalue weighted by molar-refractivity contribution is 6.35. The molecule has 1 heterocycles. The summed E-state index contributed by atoms with van der Waals surface area (Å²) in [6, 6.07) is 9.27. The van der Waals surface area contributed by atoms with Gasteiger partial charge in [0.05, 0.1) is 5.69 Å². The van der Waals surface area contributed by atoms with E-state index < -0.39 is 23.8 Å². The Bertz CT molecular complexity index is 926. The third-order valence-corrected chi connectivity index (χ3v) is 4.81. The van der Waals surface area contributed by atoms with Crippen LogP contribution in [0.15, 0.2) is 36.4 Å². The topological polar surface area (TPSA) is 78.5 Å². The number of rotatable bonds is 3. The predicted octanol–water partition coefficient (Wildman–Crippen LogP) is 3.92. The Kier molecular flexibility index (Phi) is 5.39. The molecular weight excluding hydrogens is 389 g/mol. The smallest absolute Gasteiger partial charge is 0.328 e. The first kappa shape index (κ1) is 19.2. The quantitative estimate of drug-likeness (QED) is 0.759. The number of hydrogen-bond donors (Lipinski definition) is 2. The number of halogens is 2. The first-order valence-corrected chi connectivity index (χ1v) is 8.98. The first-order chi connectivity index (χ1) is 12.8. The Morgan fingerprint density at radius 3 is 2.37 bits per heavy atom. The molecule has 6 nitrogen and oxygen atoms in total. The fourth-order valence-corrected chi connectivity index (χ4v) is 3.31. The van der Waals surface area contributed by atoms with Crippen LogP contribution in [-0.4, -0.2) is 24.4 Å². The Balaban J connectivity index is 1.84. The molecule has 2 aromatic rings. The molecule has 1 saturated heterocycles. The van der Waals surface area contributed by atoms with Crippen LogP contribution in [0.3, 0.4) is 0 Å². The maximum atomic E-state index is 12.9. The molecule has 1 fully saturated rings. The van der Waals surface area contributed by atoms with Crippen LogP contribution in [0.1, 0.15) is 11.1 Å². The molecule has 0 bridgehead atoms. The van der Waals surface area contributed by atoms with E-state index in [0.717, 1.165) is 16.0 Å². The number of anilines is 2. The van der Waals surface area contributed by atoms with Crippen molar-refractivity contribution in [2.24, 2.45) is 5.92 Å². The van der Waals surface area contributed by atoms with Crippen molar-refractivity contribution in [1.29, 1.82) is 0 Å². The molecule has 8 heteroatoms. The molecule has 0 aliphatic carbocycles. The van der Waals surface area contributed by atoms with E-state index in [9.17, 15) is 14.4 Å². The van der Waals surface area contributed by atoms with Crippen LogP contribution in [-0.2, 0) is 9.59 Å².